The maximum atomic E-state index is 5.62. The Kier molecular flexibility index (Phi) is 9.38. The van der Waals surface area contributed by atoms with Gasteiger partial charge in [-0.25, -0.2) is 0 Å². The van der Waals surface area contributed by atoms with E-state index in [4.69, 9.17) is 5.73 Å². The zero-order valence-corrected chi connectivity index (χ0v) is 12.9. The Morgan fingerprint density at radius 3 is 2.16 bits per heavy atom. The minimum absolute atomic E-state index is 0.770. The maximum Gasteiger partial charge on any atom is 0.0110 e. The minimum atomic E-state index is 0.770. The van der Waals surface area contributed by atoms with E-state index in [0.717, 1.165) is 39.3 Å². The molecule has 0 amide bonds. The first-order chi connectivity index (χ1) is 9.30. The van der Waals surface area contributed by atoms with E-state index < -0.39 is 0 Å². The van der Waals surface area contributed by atoms with E-state index >= 15 is 0 Å². The second-order valence-corrected chi connectivity index (χ2v) is 5.26. The molecule has 0 aromatic rings. The van der Waals surface area contributed by atoms with Crippen LogP contribution in [0.4, 0.5) is 0 Å². The second-order valence-electron chi connectivity index (χ2n) is 5.26. The van der Waals surface area contributed by atoms with Gasteiger partial charge in [0.25, 0.3) is 0 Å². The average molecular weight is 271 g/mol. The van der Waals surface area contributed by atoms with E-state index in [-0.39, 0.29) is 0 Å². The van der Waals surface area contributed by atoms with Gasteiger partial charge in [0.1, 0.15) is 0 Å². The Bertz CT molecular complexity index is 204. The molecule has 19 heavy (non-hydrogen) atoms. The molecule has 1 saturated heterocycles. The molecule has 1 rings (SSSR count). The summed E-state index contributed by atoms with van der Waals surface area (Å²) in [6.45, 7) is 17.9. The molecule has 0 aromatic heterocycles. The Labute approximate surface area is 119 Å². The van der Waals surface area contributed by atoms with Crippen molar-refractivity contribution in [1.82, 2.24) is 20.0 Å². The molecule has 1 heterocycles. The number of nitrogens with two attached hydrogens (primary N) is 1. The molecule has 0 aliphatic carbocycles. The summed E-state index contributed by atoms with van der Waals surface area (Å²) in [7, 11) is 0. The lowest BCUT2D eigenvalue weighted by molar-refractivity contribution is 0.120. The van der Waals surface area contributed by atoms with Gasteiger partial charge in [0, 0.05) is 65.4 Å². The number of nitrogens with zero attached hydrogens (tertiary/aromatic N) is 3. The molecular weight excluding hydrogens is 238 g/mol. The maximum absolute atomic E-state index is 5.62. The van der Waals surface area contributed by atoms with Crippen LogP contribution in [0.1, 0.15) is 13.8 Å². The summed E-state index contributed by atoms with van der Waals surface area (Å²) in [5.74, 6) is 0. The third-order valence-corrected chi connectivity index (χ3v) is 3.94. The molecule has 0 aromatic carbocycles. The van der Waals surface area contributed by atoms with Crippen molar-refractivity contribution in [2.75, 3.05) is 78.5 Å². The van der Waals surface area contributed by atoms with Gasteiger partial charge in [0.05, 0.1) is 0 Å². The highest BCUT2D eigenvalue weighted by molar-refractivity contribution is 4.73. The summed E-state index contributed by atoms with van der Waals surface area (Å²) in [6.07, 6.45) is 0. The van der Waals surface area contributed by atoms with E-state index in [1.54, 1.807) is 0 Å². The van der Waals surface area contributed by atoms with Crippen LogP contribution >= 0.6 is 0 Å². The van der Waals surface area contributed by atoms with Crippen molar-refractivity contribution in [3.05, 3.63) is 0 Å². The average Bonchev–Trinajstić information content (AvgIpc) is 2.45. The molecule has 0 radical (unpaired) electrons. The van der Waals surface area contributed by atoms with Gasteiger partial charge in [-0.3, -0.25) is 9.80 Å². The molecule has 0 unspecified atom stereocenters. The van der Waals surface area contributed by atoms with E-state index in [0.29, 0.717) is 0 Å². The van der Waals surface area contributed by atoms with E-state index in [1.165, 1.54) is 39.3 Å². The summed E-state index contributed by atoms with van der Waals surface area (Å²) in [5.41, 5.74) is 5.62. The Hall–Kier alpha value is -0.200. The number of likely N-dealkylation sites (N-methyl/N-ethyl adjacent to an activating group) is 2. The lowest BCUT2D eigenvalue weighted by Crippen LogP contribution is -2.49. The SMILES string of the molecule is CCNCCN1CCN(CCN(CC)CCN)CC1. The highest BCUT2D eigenvalue weighted by atomic mass is 15.3. The van der Waals surface area contributed by atoms with Gasteiger partial charge in [-0.15, -0.1) is 0 Å². The number of piperazine rings is 1. The van der Waals surface area contributed by atoms with Crippen molar-refractivity contribution in [3.63, 3.8) is 0 Å². The summed E-state index contributed by atoms with van der Waals surface area (Å²) < 4.78 is 0. The fourth-order valence-electron chi connectivity index (χ4n) is 2.54. The number of nitrogens with one attached hydrogen (secondary N) is 1. The van der Waals surface area contributed by atoms with Gasteiger partial charge >= 0.3 is 0 Å². The van der Waals surface area contributed by atoms with Crippen molar-refractivity contribution >= 4 is 0 Å². The zero-order valence-electron chi connectivity index (χ0n) is 12.9. The smallest absolute Gasteiger partial charge is 0.0110 e. The van der Waals surface area contributed by atoms with Crippen molar-refractivity contribution in [2.24, 2.45) is 5.73 Å². The van der Waals surface area contributed by atoms with Gasteiger partial charge in [-0.2, -0.15) is 0 Å². The van der Waals surface area contributed by atoms with Gasteiger partial charge in [-0.1, -0.05) is 13.8 Å². The number of rotatable bonds is 10. The first kappa shape index (κ1) is 16.9. The van der Waals surface area contributed by atoms with E-state index in [9.17, 15) is 0 Å². The third-order valence-electron chi connectivity index (χ3n) is 3.94. The predicted octanol–water partition coefficient (Wildman–Crippen LogP) is -0.506. The molecule has 0 saturated carbocycles. The molecule has 114 valence electrons. The zero-order chi connectivity index (χ0) is 13.9. The van der Waals surface area contributed by atoms with Gasteiger partial charge in [-0.05, 0) is 13.1 Å². The molecule has 1 fully saturated rings. The van der Waals surface area contributed by atoms with Crippen LogP contribution in [0.5, 0.6) is 0 Å². The Morgan fingerprint density at radius 1 is 1.00 bits per heavy atom. The second kappa shape index (κ2) is 10.6. The molecule has 1 aliphatic heterocycles. The van der Waals surface area contributed by atoms with Crippen LogP contribution in [0.3, 0.4) is 0 Å². The third kappa shape index (κ3) is 7.22. The quantitative estimate of drug-likeness (QED) is 0.524. The minimum Gasteiger partial charge on any atom is -0.329 e. The van der Waals surface area contributed by atoms with Crippen molar-refractivity contribution in [1.29, 1.82) is 0 Å². The van der Waals surface area contributed by atoms with Crippen molar-refractivity contribution in [2.45, 2.75) is 13.8 Å². The molecule has 1 aliphatic rings. The standard InChI is InChI=1S/C14H33N5/c1-3-16-6-8-18-11-13-19(14-12-18)10-9-17(4-2)7-5-15/h16H,3-15H2,1-2H3. The van der Waals surface area contributed by atoms with E-state index in [2.05, 4.69) is 33.9 Å². The molecule has 0 bridgehead atoms. The number of hydrogen-bond donors (Lipinski definition) is 2. The Balaban J connectivity index is 2.09. The Morgan fingerprint density at radius 2 is 1.63 bits per heavy atom. The summed E-state index contributed by atoms with van der Waals surface area (Å²) in [5, 5.41) is 3.39. The molecule has 0 atom stereocenters. The first-order valence-electron chi connectivity index (χ1n) is 7.88. The lowest BCUT2D eigenvalue weighted by atomic mass is 10.3. The topological polar surface area (TPSA) is 47.8 Å². The molecule has 5 heteroatoms. The van der Waals surface area contributed by atoms with E-state index in [1.807, 2.05) is 0 Å². The van der Waals surface area contributed by atoms with Crippen molar-refractivity contribution < 1.29 is 0 Å². The van der Waals surface area contributed by atoms with Crippen LogP contribution < -0.4 is 11.1 Å². The molecule has 3 N–H and O–H groups in total. The van der Waals surface area contributed by atoms with Gasteiger partial charge in [0.2, 0.25) is 0 Å². The first-order valence-corrected chi connectivity index (χ1v) is 7.88. The summed E-state index contributed by atoms with van der Waals surface area (Å²) >= 11 is 0. The monoisotopic (exact) mass is 271 g/mol. The normalized spacial score (nSPS) is 18.3. The van der Waals surface area contributed by atoms with Crippen LogP contribution in [0.15, 0.2) is 0 Å². The largest absolute Gasteiger partial charge is 0.329 e. The van der Waals surface area contributed by atoms with Gasteiger partial charge < -0.3 is 16.0 Å². The summed E-state index contributed by atoms with van der Waals surface area (Å²) in [4.78, 5) is 7.59. The highest BCUT2D eigenvalue weighted by Crippen LogP contribution is 2.01. The highest BCUT2D eigenvalue weighted by Gasteiger charge is 2.16. The fourth-order valence-corrected chi connectivity index (χ4v) is 2.54. The molecule has 0 spiro atoms. The fraction of sp³-hybridized carbons (Fsp3) is 1.00. The van der Waals surface area contributed by atoms with Crippen LogP contribution in [0, 0.1) is 0 Å². The van der Waals surface area contributed by atoms with Crippen LogP contribution in [0.25, 0.3) is 0 Å². The van der Waals surface area contributed by atoms with Crippen LogP contribution in [-0.4, -0.2) is 93.2 Å². The number of hydrogen-bond acceptors (Lipinski definition) is 5. The van der Waals surface area contributed by atoms with Gasteiger partial charge in [0.15, 0.2) is 0 Å². The van der Waals surface area contributed by atoms with Crippen LogP contribution in [-0.2, 0) is 0 Å². The molecule has 5 nitrogen and oxygen atoms in total. The predicted molar refractivity (Wildman–Crippen MR) is 82.6 cm³/mol. The van der Waals surface area contributed by atoms with Crippen LogP contribution in [0.2, 0.25) is 0 Å². The summed E-state index contributed by atoms with van der Waals surface area (Å²) in [6, 6.07) is 0. The lowest BCUT2D eigenvalue weighted by Gasteiger charge is -2.35. The van der Waals surface area contributed by atoms with Crippen molar-refractivity contribution in [3.8, 4) is 0 Å². The molecular formula is C14H33N5.